The number of hydrogen-bond donors (Lipinski definition) is 1. The van der Waals surface area contributed by atoms with Gasteiger partial charge in [-0.15, -0.1) is 0 Å². The summed E-state index contributed by atoms with van der Waals surface area (Å²) in [6.45, 7) is 10.9. The first-order valence-electron chi connectivity index (χ1n) is 5.99. The summed E-state index contributed by atoms with van der Waals surface area (Å²) in [5.74, 6) is 2.09. The molecule has 16 heavy (non-hydrogen) atoms. The molecule has 1 heterocycles. The first kappa shape index (κ1) is 11.2. The lowest BCUT2D eigenvalue weighted by molar-refractivity contribution is 0.798. The first-order valence-corrected chi connectivity index (χ1v) is 5.99. The lowest BCUT2D eigenvalue weighted by Gasteiger charge is -2.09. The first-order chi connectivity index (χ1) is 7.50. The minimum atomic E-state index is 0.453. The maximum absolute atomic E-state index is 4.70. The van der Waals surface area contributed by atoms with Crippen LogP contribution in [0.5, 0.6) is 0 Å². The van der Waals surface area contributed by atoms with Gasteiger partial charge in [-0.25, -0.2) is 4.98 Å². The van der Waals surface area contributed by atoms with Crippen LogP contribution in [0.15, 0.2) is 12.1 Å². The number of aromatic nitrogens is 2. The van der Waals surface area contributed by atoms with Gasteiger partial charge in [-0.2, -0.15) is 0 Å². The van der Waals surface area contributed by atoms with Gasteiger partial charge in [0.1, 0.15) is 5.82 Å². The van der Waals surface area contributed by atoms with Crippen molar-refractivity contribution in [2.24, 2.45) is 0 Å². The highest BCUT2D eigenvalue weighted by atomic mass is 14.9. The van der Waals surface area contributed by atoms with Gasteiger partial charge in [0.15, 0.2) is 0 Å². The van der Waals surface area contributed by atoms with Gasteiger partial charge in [0.05, 0.1) is 11.0 Å². The van der Waals surface area contributed by atoms with Crippen LogP contribution in [0, 0.1) is 6.92 Å². The highest BCUT2D eigenvalue weighted by Crippen LogP contribution is 2.26. The zero-order chi connectivity index (χ0) is 11.9. The summed E-state index contributed by atoms with van der Waals surface area (Å²) < 4.78 is 0. The number of nitrogens with zero attached hydrogens (tertiary/aromatic N) is 1. The fraction of sp³-hybridized carbons (Fsp3) is 0.500. The van der Waals surface area contributed by atoms with Crippen LogP contribution in [-0.2, 0) is 0 Å². The molecule has 2 heteroatoms. The number of benzene rings is 1. The normalized spacial score (nSPS) is 11.9. The largest absolute Gasteiger partial charge is 0.342 e. The van der Waals surface area contributed by atoms with E-state index in [2.05, 4.69) is 51.7 Å². The Kier molecular flexibility index (Phi) is 2.75. The Morgan fingerprint density at radius 2 is 1.75 bits per heavy atom. The third-order valence-corrected chi connectivity index (χ3v) is 3.14. The summed E-state index contributed by atoms with van der Waals surface area (Å²) in [5, 5.41) is 0. The molecular weight excluding hydrogens is 196 g/mol. The Morgan fingerprint density at radius 1 is 1.06 bits per heavy atom. The number of nitrogens with one attached hydrogen (secondary N) is 1. The van der Waals surface area contributed by atoms with Gasteiger partial charge in [0.2, 0.25) is 0 Å². The molecule has 0 aliphatic carbocycles. The van der Waals surface area contributed by atoms with E-state index in [9.17, 15) is 0 Å². The predicted octanol–water partition coefficient (Wildman–Crippen LogP) is 4.12. The molecule has 0 atom stereocenters. The molecule has 0 aliphatic heterocycles. The number of aromatic amines is 1. The van der Waals surface area contributed by atoms with Crippen molar-refractivity contribution in [1.29, 1.82) is 0 Å². The van der Waals surface area contributed by atoms with Crippen molar-refractivity contribution in [2.45, 2.75) is 46.5 Å². The zero-order valence-electron chi connectivity index (χ0n) is 10.8. The summed E-state index contributed by atoms with van der Waals surface area (Å²) in [6.07, 6.45) is 0. The molecule has 2 aromatic rings. The van der Waals surface area contributed by atoms with Gasteiger partial charge < -0.3 is 4.98 Å². The van der Waals surface area contributed by atoms with Gasteiger partial charge in [-0.3, -0.25) is 0 Å². The van der Waals surface area contributed by atoms with Crippen LogP contribution in [0.3, 0.4) is 0 Å². The van der Waals surface area contributed by atoms with Crippen molar-refractivity contribution in [3.8, 4) is 0 Å². The zero-order valence-corrected chi connectivity index (χ0v) is 10.8. The van der Waals surface area contributed by atoms with Gasteiger partial charge in [0.25, 0.3) is 0 Å². The molecule has 0 radical (unpaired) electrons. The van der Waals surface area contributed by atoms with Crippen molar-refractivity contribution >= 4 is 11.0 Å². The lowest BCUT2D eigenvalue weighted by atomic mass is 9.97. The molecule has 86 valence electrons. The summed E-state index contributed by atoms with van der Waals surface area (Å²) in [4.78, 5) is 8.09. The van der Waals surface area contributed by atoms with E-state index in [1.165, 1.54) is 11.1 Å². The third kappa shape index (κ3) is 1.73. The Bertz CT molecular complexity index is 507. The van der Waals surface area contributed by atoms with Gasteiger partial charge >= 0.3 is 0 Å². The SMILES string of the molecule is Cc1c(C(C)C)ccc2[nH]c(C(C)C)nc12. The van der Waals surface area contributed by atoms with Crippen molar-refractivity contribution in [3.05, 3.63) is 29.1 Å². The monoisotopic (exact) mass is 216 g/mol. The van der Waals surface area contributed by atoms with Crippen LogP contribution in [0.25, 0.3) is 11.0 Å². The topological polar surface area (TPSA) is 28.7 Å². The van der Waals surface area contributed by atoms with Gasteiger partial charge in [0, 0.05) is 5.92 Å². The Hall–Kier alpha value is -1.31. The van der Waals surface area contributed by atoms with Crippen LogP contribution in [0.2, 0.25) is 0 Å². The number of H-pyrrole nitrogens is 1. The number of hydrogen-bond acceptors (Lipinski definition) is 1. The van der Waals surface area contributed by atoms with E-state index in [1.54, 1.807) is 0 Å². The van der Waals surface area contributed by atoms with E-state index in [0.717, 1.165) is 16.9 Å². The number of imidazole rings is 1. The van der Waals surface area contributed by atoms with E-state index in [0.29, 0.717) is 11.8 Å². The van der Waals surface area contributed by atoms with Crippen molar-refractivity contribution < 1.29 is 0 Å². The maximum atomic E-state index is 4.70. The Morgan fingerprint density at radius 3 is 2.31 bits per heavy atom. The number of aryl methyl sites for hydroxylation is 1. The van der Waals surface area contributed by atoms with Crippen LogP contribution >= 0.6 is 0 Å². The lowest BCUT2D eigenvalue weighted by Crippen LogP contribution is -1.92. The number of fused-ring (bicyclic) bond motifs is 1. The van der Waals surface area contributed by atoms with Crippen LogP contribution in [0.4, 0.5) is 0 Å². The maximum Gasteiger partial charge on any atom is 0.109 e. The molecule has 0 amide bonds. The van der Waals surface area contributed by atoms with E-state index in [-0.39, 0.29) is 0 Å². The summed E-state index contributed by atoms with van der Waals surface area (Å²) >= 11 is 0. The molecular formula is C14H20N2. The Balaban J connectivity index is 2.65. The number of rotatable bonds is 2. The standard InChI is InChI=1S/C14H20N2/c1-8(2)11-6-7-12-13(10(11)5)16-14(15-12)9(3)4/h6-9H,1-5H3,(H,15,16). The second-order valence-corrected chi connectivity index (χ2v) is 5.11. The molecule has 0 bridgehead atoms. The minimum absolute atomic E-state index is 0.453. The van der Waals surface area contributed by atoms with Crippen molar-refractivity contribution in [1.82, 2.24) is 9.97 Å². The summed E-state index contributed by atoms with van der Waals surface area (Å²) in [7, 11) is 0. The molecule has 1 aromatic heterocycles. The Labute approximate surface area is 97.1 Å². The summed E-state index contributed by atoms with van der Waals surface area (Å²) in [6, 6.07) is 4.36. The highest BCUT2D eigenvalue weighted by Gasteiger charge is 2.12. The molecule has 2 nitrogen and oxygen atoms in total. The second kappa shape index (κ2) is 3.93. The molecule has 0 saturated carbocycles. The van der Waals surface area contributed by atoms with Crippen molar-refractivity contribution in [3.63, 3.8) is 0 Å². The average Bonchev–Trinajstić information content (AvgIpc) is 2.62. The van der Waals surface area contributed by atoms with E-state index >= 15 is 0 Å². The molecule has 1 N–H and O–H groups in total. The second-order valence-electron chi connectivity index (χ2n) is 5.11. The molecule has 0 aliphatic rings. The smallest absolute Gasteiger partial charge is 0.109 e. The quantitative estimate of drug-likeness (QED) is 0.803. The average molecular weight is 216 g/mol. The van der Waals surface area contributed by atoms with E-state index in [1.807, 2.05) is 0 Å². The molecule has 0 unspecified atom stereocenters. The molecule has 0 saturated heterocycles. The molecule has 1 aromatic carbocycles. The van der Waals surface area contributed by atoms with Crippen LogP contribution in [0.1, 0.15) is 56.5 Å². The van der Waals surface area contributed by atoms with Crippen LogP contribution in [-0.4, -0.2) is 9.97 Å². The highest BCUT2D eigenvalue weighted by molar-refractivity contribution is 5.80. The van der Waals surface area contributed by atoms with E-state index in [4.69, 9.17) is 4.98 Å². The molecule has 0 spiro atoms. The fourth-order valence-corrected chi connectivity index (χ4v) is 2.15. The van der Waals surface area contributed by atoms with Crippen LogP contribution < -0.4 is 0 Å². The molecule has 2 rings (SSSR count). The molecule has 0 fully saturated rings. The predicted molar refractivity (Wildman–Crippen MR) is 69.0 cm³/mol. The van der Waals surface area contributed by atoms with Crippen molar-refractivity contribution in [2.75, 3.05) is 0 Å². The third-order valence-electron chi connectivity index (χ3n) is 3.14. The van der Waals surface area contributed by atoms with E-state index < -0.39 is 0 Å². The van der Waals surface area contributed by atoms with Gasteiger partial charge in [-0.1, -0.05) is 33.8 Å². The summed E-state index contributed by atoms with van der Waals surface area (Å²) in [5.41, 5.74) is 5.01. The fourth-order valence-electron chi connectivity index (χ4n) is 2.15. The minimum Gasteiger partial charge on any atom is -0.342 e. The van der Waals surface area contributed by atoms with Gasteiger partial charge in [-0.05, 0) is 30.0 Å².